The molecule has 0 spiro atoms. The number of nitrogens with zero attached hydrogens (tertiary/aromatic N) is 1. The molecule has 0 heterocycles. The van der Waals surface area contributed by atoms with Crippen LogP contribution in [0.2, 0.25) is 0 Å². The number of hydrogen-bond acceptors (Lipinski definition) is 4. The highest BCUT2D eigenvalue weighted by Gasteiger charge is 2.13. The van der Waals surface area contributed by atoms with Gasteiger partial charge in [-0.25, -0.2) is 4.79 Å². The van der Waals surface area contributed by atoms with E-state index in [1.165, 1.54) is 24.4 Å². The van der Waals surface area contributed by atoms with Crippen LogP contribution >= 0.6 is 0 Å². The maximum atomic E-state index is 11.8. The zero-order valence-electron chi connectivity index (χ0n) is 12.4. The Kier molecular flexibility index (Phi) is 5.30. The van der Waals surface area contributed by atoms with Crippen molar-refractivity contribution in [2.24, 2.45) is 0 Å². The number of urea groups is 1. The van der Waals surface area contributed by atoms with Crippen LogP contribution in [-0.2, 0) is 0 Å². The fourth-order valence-corrected chi connectivity index (χ4v) is 1.86. The molecule has 0 aliphatic carbocycles. The molecule has 0 fully saturated rings. The highest BCUT2D eigenvalue weighted by molar-refractivity contribution is 5.92. The second-order valence-corrected chi connectivity index (χ2v) is 4.48. The highest BCUT2D eigenvalue weighted by Crippen LogP contribution is 2.22. The van der Waals surface area contributed by atoms with Crippen molar-refractivity contribution < 1.29 is 14.5 Å². The minimum absolute atomic E-state index is 0.129. The molecule has 0 atom stereocenters. The quantitative estimate of drug-likeness (QED) is 0.653. The first-order valence-corrected chi connectivity index (χ1v) is 6.71. The molecule has 7 heteroatoms. The molecule has 2 aromatic rings. The number of nitro groups is 1. The molecule has 0 aromatic heterocycles. The maximum absolute atomic E-state index is 11.8. The Hall–Kier alpha value is -3.35. The Balaban J connectivity index is 1.97. The predicted molar refractivity (Wildman–Crippen MR) is 87.3 cm³/mol. The standard InChI is InChI=1S/C16H15N3O4/c1-23-13-6-4-5-12(11-13)9-10-17-16(20)18-14-7-2-3-8-15(14)19(21)22/h2-11H,1H3,(H2,17,18,20)/b10-9+. The third-order valence-electron chi connectivity index (χ3n) is 2.93. The fourth-order valence-electron chi connectivity index (χ4n) is 1.86. The van der Waals surface area contributed by atoms with Crippen LogP contribution < -0.4 is 15.4 Å². The number of methoxy groups -OCH3 is 1. The topological polar surface area (TPSA) is 93.5 Å². The van der Waals surface area contributed by atoms with Crippen molar-refractivity contribution in [3.05, 3.63) is 70.4 Å². The molecule has 2 rings (SSSR count). The summed E-state index contributed by atoms with van der Waals surface area (Å²) < 4.78 is 5.10. The number of para-hydroxylation sites is 2. The van der Waals surface area contributed by atoms with E-state index in [9.17, 15) is 14.9 Å². The third kappa shape index (κ3) is 4.57. The lowest BCUT2D eigenvalue weighted by atomic mass is 10.2. The lowest BCUT2D eigenvalue weighted by molar-refractivity contribution is -0.383. The second-order valence-electron chi connectivity index (χ2n) is 4.48. The van der Waals surface area contributed by atoms with E-state index in [1.807, 2.05) is 18.2 Å². The number of rotatable bonds is 5. The number of carbonyl (C=O) groups is 1. The Morgan fingerprint density at radius 2 is 2.00 bits per heavy atom. The van der Waals surface area contributed by atoms with E-state index in [0.29, 0.717) is 5.75 Å². The van der Waals surface area contributed by atoms with Gasteiger partial charge in [-0.1, -0.05) is 24.3 Å². The molecule has 7 nitrogen and oxygen atoms in total. The Labute approximate surface area is 132 Å². The highest BCUT2D eigenvalue weighted by atomic mass is 16.6. The van der Waals surface area contributed by atoms with Crippen molar-refractivity contribution in [3.8, 4) is 5.75 Å². The summed E-state index contributed by atoms with van der Waals surface area (Å²) in [6.45, 7) is 0. The van der Waals surface area contributed by atoms with E-state index in [1.54, 1.807) is 25.3 Å². The SMILES string of the molecule is COc1cccc(/C=C/NC(=O)Nc2ccccc2[N+](=O)[O-])c1. The normalized spacial score (nSPS) is 10.3. The summed E-state index contributed by atoms with van der Waals surface area (Å²) in [6.07, 6.45) is 3.13. The predicted octanol–water partition coefficient (Wildman–Crippen LogP) is 3.40. The van der Waals surface area contributed by atoms with E-state index < -0.39 is 11.0 Å². The zero-order chi connectivity index (χ0) is 16.7. The summed E-state index contributed by atoms with van der Waals surface area (Å²) in [5.41, 5.74) is 0.805. The van der Waals surface area contributed by atoms with Crippen LogP contribution in [0.15, 0.2) is 54.7 Å². The van der Waals surface area contributed by atoms with E-state index in [2.05, 4.69) is 10.6 Å². The van der Waals surface area contributed by atoms with Gasteiger partial charge in [-0.15, -0.1) is 0 Å². The fraction of sp³-hybridized carbons (Fsp3) is 0.0625. The largest absolute Gasteiger partial charge is 0.497 e. The minimum Gasteiger partial charge on any atom is -0.497 e. The molecule has 0 aliphatic heterocycles. The van der Waals surface area contributed by atoms with Crippen molar-refractivity contribution >= 4 is 23.5 Å². The van der Waals surface area contributed by atoms with Gasteiger partial charge in [0.1, 0.15) is 11.4 Å². The number of carbonyl (C=O) groups excluding carboxylic acids is 1. The summed E-state index contributed by atoms with van der Waals surface area (Å²) in [4.78, 5) is 22.1. The number of hydrogen-bond donors (Lipinski definition) is 2. The van der Waals surface area contributed by atoms with Crippen LogP contribution in [0.3, 0.4) is 0 Å². The van der Waals surface area contributed by atoms with Gasteiger partial charge in [0, 0.05) is 12.3 Å². The molecule has 0 bridgehead atoms. The first-order chi connectivity index (χ1) is 11.1. The van der Waals surface area contributed by atoms with Crippen molar-refractivity contribution in [2.75, 3.05) is 12.4 Å². The summed E-state index contributed by atoms with van der Waals surface area (Å²) in [5, 5.41) is 15.8. The molecule has 2 amide bonds. The van der Waals surface area contributed by atoms with Crippen molar-refractivity contribution in [1.82, 2.24) is 5.32 Å². The van der Waals surface area contributed by atoms with Crippen LogP contribution in [0.1, 0.15) is 5.56 Å². The van der Waals surface area contributed by atoms with E-state index in [4.69, 9.17) is 4.74 Å². The van der Waals surface area contributed by atoms with E-state index in [-0.39, 0.29) is 11.4 Å². The van der Waals surface area contributed by atoms with Crippen molar-refractivity contribution in [3.63, 3.8) is 0 Å². The molecule has 118 valence electrons. The van der Waals surface area contributed by atoms with Gasteiger partial charge < -0.3 is 15.4 Å². The third-order valence-corrected chi connectivity index (χ3v) is 2.93. The molecule has 0 radical (unpaired) electrons. The molecular weight excluding hydrogens is 298 g/mol. The van der Waals surface area contributed by atoms with Crippen LogP contribution in [0.25, 0.3) is 6.08 Å². The Bertz CT molecular complexity index is 744. The number of ether oxygens (including phenoxy) is 1. The molecule has 0 unspecified atom stereocenters. The summed E-state index contributed by atoms with van der Waals surface area (Å²) >= 11 is 0. The van der Waals surface area contributed by atoms with Crippen LogP contribution in [0.4, 0.5) is 16.2 Å². The van der Waals surface area contributed by atoms with Gasteiger partial charge in [0.15, 0.2) is 0 Å². The van der Waals surface area contributed by atoms with E-state index in [0.717, 1.165) is 5.56 Å². The first-order valence-electron chi connectivity index (χ1n) is 6.71. The van der Waals surface area contributed by atoms with Gasteiger partial charge in [-0.05, 0) is 29.8 Å². The maximum Gasteiger partial charge on any atom is 0.323 e. The number of nitro benzene ring substituents is 1. The van der Waals surface area contributed by atoms with Gasteiger partial charge >= 0.3 is 6.03 Å². The van der Waals surface area contributed by atoms with Crippen LogP contribution in [-0.4, -0.2) is 18.1 Å². The number of anilines is 1. The van der Waals surface area contributed by atoms with Gasteiger partial charge in [0.2, 0.25) is 0 Å². The lowest BCUT2D eigenvalue weighted by Gasteiger charge is -2.05. The first kappa shape index (κ1) is 16.0. The van der Waals surface area contributed by atoms with Crippen molar-refractivity contribution in [1.29, 1.82) is 0 Å². The molecule has 0 saturated carbocycles. The molecule has 23 heavy (non-hydrogen) atoms. The van der Waals surface area contributed by atoms with Crippen molar-refractivity contribution in [2.45, 2.75) is 0 Å². The van der Waals surface area contributed by atoms with Gasteiger partial charge in [0.05, 0.1) is 12.0 Å². The van der Waals surface area contributed by atoms with Gasteiger partial charge in [-0.2, -0.15) is 0 Å². The average molecular weight is 313 g/mol. The Morgan fingerprint density at radius 3 is 2.74 bits per heavy atom. The molecular formula is C16H15N3O4. The summed E-state index contributed by atoms with van der Waals surface area (Å²) in [7, 11) is 1.57. The van der Waals surface area contributed by atoms with Gasteiger partial charge in [0.25, 0.3) is 5.69 Å². The molecule has 0 aliphatic rings. The lowest BCUT2D eigenvalue weighted by Crippen LogP contribution is -2.24. The minimum atomic E-state index is -0.571. The summed E-state index contributed by atoms with van der Waals surface area (Å²) in [5.74, 6) is 0.705. The zero-order valence-corrected chi connectivity index (χ0v) is 12.4. The monoisotopic (exact) mass is 313 g/mol. The second kappa shape index (κ2) is 7.60. The number of benzene rings is 2. The summed E-state index contributed by atoms with van der Waals surface area (Å²) in [6, 6.07) is 12.6. The van der Waals surface area contributed by atoms with Gasteiger partial charge in [-0.3, -0.25) is 10.1 Å². The molecule has 0 saturated heterocycles. The average Bonchev–Trinajstić information content (AvgIpc) is 2.55. The Morgan fingerprint density at radius 1 is 1.22 bits per heavy atom. The van der Waals surface area contributed by atoms with Crippen LogP contribution in [0, 0.1) is 10.1 Å². The molecule has 2 N–H and O–H groups in total. The molecule has 2 aromatic carbocycles. The van der Waals surface area contributed by atoms with Crippen LogP contribution in [0.5, 0.6) is 5.75 Å². The number of amides is 2. The van der Waals surface area contributed by atoms with E-state index >= 15 is 0 Å². The number of nitrogens with one attached hydrogen (secondary N) is 2. The smallest absolute Gasteiger partial charge is 0.323 e.